The predicted octanol–water partition coefficient (Wildman–Crippen LogP) is 1.67. The Morgan fingerprint density at radius 1 is 1.34 bits per heavy atom. The average molecular weight is 390 g/mol. The number of fused-ring (bicyclic) bond motifs is 5. The molecular weight excluding hydrogens is 372 g/mol. The number of imidazole rings is 1. The predicted molar refractivity (Wildman–Crippen MR) is 107 cm³/mol. The summed E-state index contributed by atoms with van der Waals surface area (Å²) < 4.78 is 7.05. The summed E-state index contributed by atoms with van der Waals surface area (Å²) in [7, 11) is 0. The molecule has 1 aliphatic heterocycles. The summed E-state index contributed by atoms with van der Waals surface area (Å²) in [5.74, 6) is 5.91. The van der Waals surface area contributed by atoms with E-state index in [0.717, 1.165) is 11.8 Å². The molecular formula is C21H18N4O4. The second-order valence-corrected chi connectivity index (χ2v) is 7.33. The maximum Gasteiger partial charge on any atom is 0.206 e. The Bertz CT molecular complexity index is 1410. The Hall–Kier alpha value is -3.41. The van der Waals surface area contributed by atoms with E-state index >= 15 is 0 Å². The quantitative estimate of drug-likeness (QED) is 0.338. The monoisotopic (exact) mass is 390 g/mol. The van der Waals surface area contributed by atoms with E-state index in [1.54, 1.807) is 16.7 Å². The number of aromatic nitrogens is 4. The largest absolute Gasteiger partial charge is 0.381 e. The summed E-state index contributed by atoms with van der Waals surface area (Å²) in [6.45, 7) is 2.84. The van der Waals surface area contributed by atoms with Crippen LogP contribution in [-0.2, 0) is 4.74 Å². The van der Waals surface area contributed by atoms with Gasteiger partial charge in [0.1, 0.15) is 22.5 Å². The highest BCUT2D eigenvalue weighted by Crippen LogP contribution is 2.28. The normalized spacial score (nSPS) is 16.2. The molecule has 0 aliphatic carbocycles. The van der Waals surface area contributed by atoms with Gasteiger partial charge in [-0.25, -0.2) is 4.98 Å². The van der Waals surface area contributed by atoms with Crippen LogP contribution in [0.3, 0.4) is 0 Å². The third kappa shape index (κ3) is 2.67. The lowest BCUT2D eigenvalue weighted by Gasteiger charge is -2.26. The first-order valence-electron chi connectivity index (χ1n) is 9.34. The van der Waals surface area contributed by atoms with Gasteiger partial charge in [0.25, 0.3) is 0 Å². The number of hydrogen-bond donors (Lipinski definition) is 3. The number of nitrogens with zero attached hydrogens (tertiary/aromatic N) is 2. The van der Waals surface area contributed by atoms with E-state index in [-0.39, 0.29) is 5.43 Å². The Morgan fingerprint density at radius 3 is 2.90 bits per heavy atom. The van der Waals surface area contributed by atoms with Crippen molar-refractivity contribution in [2.24, 2.45) is 0 Å². The van der Waals surface area contributed by atoms with Crippen molar-refractivity contribution in [3.05, 3.63) is 45.4 Å². The summed E-state index contributed by atoms with van der Waals surface area (Å²) in [6.07, 6.45) is 3.29. The van der Waals surface area contributed by atoms with Gasteiger partial charge in [0, 0.05) is 19.0 Å². The number of aliphatic hydroxyl groups is 1. The topological polar surface area (TPSA) is 112 Å². The van der Waals surface area contributed by atoms with E-state index in [1.807, 2.05) is 6.92 Å². The van der Waals surface area contributed by atoms with E-state index in [4.69, 9.17) is 4.74 Å². The maximum atomic E-state index is 12.3. The summed E-state index contributed by atoms with van der Waals surface area (Å²) in [5.41, 5.74) is 3.07. The Balaban J connectivity index is 1.77. The van der Waals surface area contributed by atoms with Gasteiger partial charge in [-0.15, -0.1) is 0 Å². The van der Waals surface area contributed by atoms with E-state index < -0.39 is 5.60 Å². The lowest BCUT2D eigenvalue weighted by molar-refractivity contribution is -0.0262. The minimum Gasteiger partial charge on any atom is -0.381 e. The van der Waals surface area contributed by atoms with Crippen LogP contribution < -0.4 is 5.43 Å². The fraction of sp³-hybridized carbons (Fsp3) is 0.286. The fourth-order valence-corrected chi connectivity index (χ4v) is 3.83. The number of benzene rings is 1. The van der Waals surface area contributed by atoms with E-state index in [9.17, 15) is 14.7 Å². The van der Waals surface area contributed by atoms with Crippen molar-refractivity contribution < 1.29 is 14.6 Å². The van der Waals surface area contributed by atoms with Crippen molar-refractivity contribution in [3.63, 3.8) is 0 Å². The van der Waals surface area contributed by atoms with Crippen LogP contribution in [0.1, 0.15) is 34.5 Å². The molecule has 0 bridgehead atoms. The molecule has 0 saturated carbocycles. The zero-order chi connectivity index (χ0) is 20.2. The van der Waals surface area contributed by atoms with Gasteiger partial charge in [-0.2, -0.15) is 0 Å². The summed E-state index contributed by atoms with van der Waals surface area (Å²) in [5, 5.41) is 10.6. The highest BCUT2D eigenvalue weighted by molar-refractivity contribution is 6.05. The molecule has 0 amide bonds. The number of aryl methyl sites for hydroxylation is 1. The van der Waals surface area contributed by atoms with Gasteiger partial charge in [-0.05, 0) is 24.5 Å². The summed E-state index contributed by atoms with van der Waals surface area (Å²) in [4.78, 5) is 34.8. The van der Waals surface area contributed by atoms with Crippen molar-refractivity contribution in [2.45, 2.75) is 25.4 Å². The average Bonchev–Trinajstić information content (AvgIpc) is 3.25. The van der Waals surface area contributed by atoms with Crippen LogP contribution in [0.5, 0.6) is 0 Å². The van der Waals surface area contributed by atoms with E-state index in [0.29, 0.717) is 65.2 Å². The number of nitrogens with one attached hydrogen (secondary N) is 2. The van der Waals surface area contributed by atoms with Crippen LogP contribution in [0.25, 0.3) is 27.8 Å². The molecule has 1 aromatic carbocycles. The number of H-pyrrole nitrogens is 2. The number of aldehydes is 1. The van der Waals surface area contributed by atoms with E-state index in [1.165, 1.54) is 6.07 Å². The second-order valence-electron chi connectivity index (χ2n) is 7.33. The molecule has 3 N–H and O–H groups in total. The first-order valence-corrected chi connectivity index (χ1v) is 9.34. The Morgan fingerprint density at radius 2 is 2.14 bits per heavy atom. The third-order valence-corrected chi connectivity index (χ3v) is 5.42. The number of aromatic amines is 2. The standard InChI is InChI=1S/C21H18N4O4/c1-12-2-3-15(27)17-18(12)25-19(24-17)14(11-26)16-20(25)23-13(10-22-16)4-5-21(28)6-8-29-9-7-21/h2-3,10-11,22-23,28H,6-9H2,1H3. The maximum absolute atomic E-state index is 12.3. The molecule has 0 spiro atoms. The van der Waals surface area contributed by atoms with Gasteiger partial charge >= 0.3 is 0 Å². The van der Waals surface area contributed by atoms with Gasteiger partial charge < -0.3 is 19.8 Å². The number of carbonyl (C=O) groups is 1. The van der Waals surface area contributed by atoms with Gasteiger partial charge in [0.05, 0.1) is 29.8 Å². The van der Waals surface area contributed by atoms with Gasteiger partial charge in [-0.3, -0.25) is 14.0 Å². The van der Waals surface area contributed by atoms with Crippen molar-refractivity contribution in [3.8, 4) is 11.8 Å². The molecule has 8 heteroatoms. The molecule has 29 heavy (non-hydrogen) atoms. The first kappa shape index (κ1) is 17.7. The van der Waals surface area contributed by atoms with Gasteiger partial charge in [0.2, 0.25) is 5.43 Å². The van der Waals surface area contributed by atoms with Crippen molar-refractivity contribution >= 4 is 34.1 Å². The SMILES string of the molecule is Cc1ccc(=O)c2nc3c(C=O)c4[nH]cc(C#CC5(O)CCOCC5)[nH]c4n3c12. The molecule has 146 valence electrons. The lowest BCUT2D eigenvalue weighted by Crippen LogP contribution is -2.34. The number of carbonyl (C=O) groups excluding carboxylic acids is 1. The Labute approximate surface area is 164 Å². The van der Waals surface area contributed by atoms with Crippen LogP contribution in [0, 0.1) is 18.8 Å². The minimum absolute atomic E-state index is 0.194. The van der Waals surface area contributed by atoms with Gasteiger partial charge in [0.15, 0.2) is 11.9 Å². The van der Waals surface area contributed by atoms with E-state index in [2.05, 4.69) is 26.8 Å². The zero-order valence-electron chi connectivity index (χ0n) is 15.7. The van der Waals surface area contributed by atoms with Gasteiger partial charge in [-0.1, -0.05) is 12.0 Å². The van der Waals surface area contributed by atoms with Crippen LogP contribution in [0.2, 0.25) is 0 Å². The molecule has 1 fully saturated rings. The first-order chi connectivity index (χ1) is 14.0. The Kier molecular flexibility index (Phi) is 3.84. The number of rotatable bonds is 1. The molecule has 0 radical (unpaired) electrons. The molecule has 3 aromatic heterocycles. The molecule has 0 atom stereocenters. The smallest absolute Gasteiger partial charge is 0.206 e. The lowest BCUT2D eigenvalue weighted by atomic mass is 9.95. The third-order valence-electron chi connectivity index (χ3n) is 5.42. The highest BCUT2D eigenvalue weighted by atomic mass is 16.5. The molecule has 4 heterocycles. The van der Waals surface area contributed by atoms with Crippen LogP contribution >= 0.6 is 0 Å². The molecule has 1 aliphatic rings. The van der Waals surface area contributed by atoms with Crippen LogP contribution in [0.4, 0.5) is 0 Å². The van der Waals surface area contributed by atoms with Crippen molar-refractivity contribution in [1.29, 1.82) is 0 Å². The fourth-order valence-electron chi connectivity index (χ4n) is 3.83. The molecule has 4 aromatic rings. The minimum atomic E-state index is -1.08. The second kappa shape index (κ2) is 6.30. The highest BCUT2D eigenvalue weighted by Gasteiger charge is 2.27. The van der Waals surface area contributed by atoms with Crippen LogP contribution in [0.15, 0.2) is 23.1 Å². The number of ether oxygens (including phenoxy) is 1. The van der Waals surface area contributed by atoms with Crippen molar-refractivity contribution in [2.75, 3.05) is 13.2 Å². The number of hydrogen-bond acceptors (Lipinski definition) is 5. The van der Waals surface area contributed by atoms with Crippen molar-refractivity contribution in [1.82, 2.24) is 19.4 Å². The molecule has 5 rings (SSSR count). The summed E-state index contributed by atoms with van der Waals surface area (Å²) in [6, 6.07) is 3.22. The molecule has 1 saturated heterocycles. The summed E-state index contributed by atoms with van der Waals surface area (Å²) >= 11 is 0. The van der Waals surface area contributed by atoms with Crippen LogP contribution in [-0.4, -0.2) is 49.6 Å². The zero-order valence-corrected chi connectivity index (χ0v) is 15.7. The molecule has 0 unspecified atom stereocenters. The molecule has 8 nitrogen and oxygen atoms in total.